The van der Waals surface area contributed by atoms with Crippen molar-refractivity contribution in [2.24, 2.45) is 5.92 Å². The molecule has 2 unspecified atom stereocenters. The molecule has 5 nitrogen and oxygen atoms in total. The summed E-state index contributed by atoms with van der Waals surface area (Å²) in [6.07, 6.45) is 0.953. The Bertz CT molecular complexity index is 735. The van der Waals surface area contributed by atoms with Crippen molar-refractivity contribution in [2.75, 3.05) is 33.3 Å². The zero-order valence-corrected chi connectivity index (χ0v) is 15.8. The van der Waals surface area contributed by atoms with Gasteiger partial charge in [0.2, 0.25) is 0 Å². The third kappa shape index (κ3) is 5.55. The first kappa shape index (κ1) is 19.4. The zero-order chi connectivity index (χ0) is 19.1. The number of likely N-dealkylation sites (tertiary alicyclic amines) is 1. The number of nitrogens with zero attached hydrogens (tertiary/aromatic N) is 1. The van der Waals surface area contributed by atoms with Crippen molar-refractivity contribution in [3.05, 3.63) is 65.7 Å². The maximum absolute atomic E-state index is 12.3. The van der Waals surface area contributed by atoms with Gasteiger partial charge in [0.25, 0.3) is 5.91 Å². The van der Waals surface area contributed by atoms with Crippen molar-refractivity contribution >= 4 is 5.91 Å². The minimum absolute atomic E-state index is 0.356. The lowest BCUT2D eigenvalue weighted by atomic mass is 10.1. The number of hydrogen-bond donors (Lipinski definition) is 2. The Balaban J connectivity index is 1.41. The molecule has 0 aromatic heterocycles. The SMILES string of the molecule is COc1cccc(C(O)C(=O)NCC2CCN(CCc3ccccc3)C2)c1. The summed E-state index contributed by atoms with van der Waals surface area (Å²) in [5.74, 6) is 0.706. The number of hydrogen-bond acceptors (Lipinski definition) is 4. The molecule has 2 atom stereocenters. The van der Waals surface area contributed by atoms with E-state index in [1.54, 1.807) is 31.4 Å². The highest BCUT2D eigenvalue weighted by Gasteiger charge is 2.24. The van der Waals surface area contributed by atoms with Gasteiger partial charge in [0.15, 0.2) is 6.10 Å². The normalized spacial score (nSPS) is 18.2. The number of ether oxygens (including phenoxy) is 1. The van der Waals surface area contributed by atoms with Crippen molar-refractivity contribution < 1.29 is 14.6 Å². The van der Waals surface area contributed by atoms with E-state index in [1.165, 1.54) is 5.56 Å². The van der Waals surface area contributed by atoms with Gasteiger partial charge in [0.05, 0.1) is 7.11 Å². The van der Waals surface area contributed by atoms with Gasteiger partial charge in [-0.1, -0.05) is 42.5 Å². The Morgan fingerprint density at radius 3 is 2.85 bits per heavy atom. The monoisotopic (exact) mass is 368 g/mol. The predicted octanol–water partition coefficient (Wildman–Crippen LogP) is 2.41. The minimum Gasteiger partial charge on any atom is -0.497 e. The van der Waals surface area contributed by atoms with E-state index in [0.717, 1.165) is 32.5 Å². The van der Waals surface area contributed by atoms with Gasteiger partial charge in [-0.15, -0.1) is 0 Å². The molecule has 1 saturated heterocycles. The summed E-state index contributed by atoms with van der Waals surface area (Å²) >= 11 is 0. The maximum Gasteiger partial charge on any atom is 0.253 e. The topological polar surface area (TPSA) is 61.8 Å². The first-order valence-electron chi connectivity index (χ1n) is 9.51. The number of aliphatic hydroxyl groups excluding tert-OH is 1. The number of aliphatic hydroxyl groups is 1. The number of amides is 1. The van der Waals surface area contributed by atoms with Crippen LogP contribution in [0.5, 0.6) is 5.75 Å². The Labute approximate surface area is 161 Å². The van der Waals surface area contributed by atoms with Gasteiger partial charge in [-0.25, -0.2) is 0 Å². The summed E-state index contributed by atoms with van der Waals surface area (Å²) in [6.45, 7) is 3.69. The summed E-state index contributed by atoms with van der Waals surface area (Å²) in [6, 6.07) is 17.5. The molecule has 1 amide bonds. The fraction of sp³-hybridized carbons (Fsp3) is 0.409. The van der Waals surface area contributed by atoms with Crippen LogP contribution in [0.1, 0.15) is 23.7 Å². The lowest BCUT2D eigenvalue weighted by Crippen LogP contribution is -2.34. The molecule has 3 rings (SSSR count). The molecule has 0 saturated carbocycles. The van der Waals surface area contributed by atoms with E-state index in [0.29, 0.717) is 23.8 Å². The average Bonchev–Trinajstić information content (AvgIpc) is 3.18. The highest BCUT2D eigenvalue weighted by atomic mass is 16.5. The molecule has 2 aromatic rings. The molecule has 0 spiro atoms. The second kappa shape index (κ2) is 9.53. The van der Waals surface area contributed by atoms with Crippen molar-refractivity contribution in [2.45, 2.75) is 18.9 Å². The molecule has 1 aliphatic heterocycles. The lowest BCUT2D eigenvalue weighted by molar-refractivity contribution is -0.129. The number of benzene rings is 2. The fourth-order valence-electron chi connectivity index (χ4n) is 3.52. The molecule has 2 N–H and O–H groups in total. The van der Waals surface area contributed by atoms with Crippen LogP contribution in [-0.2, 0) is 11.2 Å². The van der Waals surface area contributed by atoms with Crippen LogP contribution in [0.25, 0.3) is 0 Å². The predicted molar refractivity (Wildman–Crippen MR) is 106 cm³/mol. The molecule has 5 heteroatoms. The zero-order valence-electron chi connectivity index (χ0n) is 15.8. The first-order chi connectivity index (χ1) is 13.2. The molecular weight excluding hydrogens is 340 g/mol. The first-order valence-corrected chi connectivity index (χ1v) is 9.51. The molecule has 144 valence electrons. The summed E-state index contributed by atoms with van der Waals surface area (Å²) in [7, 11) is 1.56. The van der Waals surface area contributed by atoms with E-state index >= 15 is 0 Å². The van der Waals surface area contributed by atoms with Gasteiger partial charge < -0.3 is 20.1 Å². The van der Waals surface area contributed by atoms with Crippen LogP contribution in [0, 0.1) is 5.92 Å². The Morgan fingerprint density at radius 1 is 1.26 bits per heavy atom. The summed E-state index contributed by atoms with van der Waals surface area (Å²) in [5, 5.41) is 13.2. The van der Waals surface area contributed by atoms with E-state index in [9.17, 15) is 9.90 Å². The van der Waals surface area contributed by atoms with Gasteiger partial charge in [-0.05, 0) is 48.6 Å². The average molecular weight is 368 g/mol. The van der Waals surface area contributed by atoms with Gasteiger partial charge in [0, 0.05) is 19.6 Å². The van der Waals surface area contributed by atoms with Crippen LogP contribution in [0.2, 0.25) is 0 Å². The fourth-order valence-corrected chi connectivity index (χ4v) is 3.52. The van der Waals surface area contributed by atoms with E-state index < -0.39 is 6.10 Å². The van der Waals surface area contributed by atoms with Gasteiger partial charge in [0.1, 0.15) is 5.75 Å². The third-order valence-corrected chi connectivity index (χ3v) is 5.15. The molecule has 0 bridgehead atoms. The molecule has 0 aliphatic carbocycles. The number of nitrogens with one attached hydrogen (secondary N) is 1. The smallest absolute Gasteiger partial charge is 0.253 e. The van der Waals surface area contributed by atoms with E-state index in [1.807, 2.05) is 6.07 Å². The second-order valence-corrected chi connectivity index (χ2v) is 7.12. The molecule has 1 fully saturated rings. The minimum atomic E-state index is -1.17. The third-order valence-electron chi connectivity index (χ3n) is 5.15. The van der Waals surface area contributed by atoms with Crippen LogP contribution in [-0.4, -0.2) is 49.2 Å². The molecule has 2 aromatic carbocycles. The van der Waals surface area contributed by atoms with Crippen LogP contribution >= 0.6 is 0 Å². The molecule has 1 heterocycles. The number of carbonyl (C=O) groups is 1. The van der Waals surface area contributed by atoms with Crippen molar-refractivity contribution in [3.63, 3.8) is 0 Å². The van der Waals surface area contributed by atoms with Crippen LogP contribution in [0.15, 0.2) is 54.6 Å². The van der Waals surface area contributed by atoms with Crippen molar-refractivity contribution in [1.29, 1.82) is 0 Å². The Hall–Kier alpha value is -2.37. The lowest BCUT2D eigenvalue weighted by Gasteiger charge is -2.17. The Morgan fingerprint density at radius 2 is 2.07 bits per heavy atom. The maximum atomic E-state index is 12.3. The molecule has 27 heavy (non-hydrogen) atoms. The summed E-state index contributed by atoms with van der Waals surface area (Å²) < 4.78 is 5.14. The highest BCUT2D eigenvalue weighted by molar-refractivity contribution is 5.82. The van der Waals surface area contributed by atoms with Gasteiger partial charge in [-0.3, -0.25) is 4.79 Å². The summed E-state index contributed by atoms with van der Waals surface area (Å²) in [5.41, 5.74) is 1.90. The Kier molecular flexibility index (Phi) is 6.85. The van der Waals surface area contributed by atoms with Crippen LogP contribution < -0.4 is 10.1 Å². The standard InChI is InChI=1S/C22H28N2O3/c1-27-20-9-5-8-19(14-20)21(25)22(26)23-15-18-11-13-24(16-18)12-10-17-6-3-2-4-7-17/h2-9,14,18,21,25H,10-13,15-16H2,1H3,(H,23,26). The van der Waals surface area contributed by atoms with E-state index in [-0.39, 0.29) is 5.91 Å². The van der Waals surface area contributed by atoms with Gasteiger partial charge >= 0.3 is 0 Å². The van der Waals surface area contributed by atoms with Crippen LogP contribution in [0.3, 0.4) is 0 Å². The van der Waals surface area contributed by atoms with Gasteiger partial charge in [-0.2, -0.15) is 0 Å². The second-order valence-electron chi connectivity index (χ2n) is 7.12. The number of methoxy groups -OCH3 is 1. The van der Waals surface area contributed by atoms with E-state index in [2.05, 4.69) is 34.5 Å². The largest absolute Gasteiger partial charge is 0.497 e. The van der Waals surface area contributed by atoms with Crippen LogP contribution in [0.4, 0.5) is 0 Å². The molecular formula is C22H28N2O3. The van der Waals surface area contributed by atoms with Crippen molar-refractivity contribution in [1.82, 2.24) is 10.2 Å². The van der Waals surface area contributed by atoms with Crippen molar-refractivity contribution in [3.8, 4) is 5.75 Å². The highest BCUT2D eigenvalue weighted by Crippen LogP contribution is 2.20. The molecule has 1 aliphatic rings. The number of rotatable bonds is 8. The van der Waals surface area contributed by atoms with E-state index in [4.69, 9.17) is 4.74 Å². The summed E-state index contributed by atoms with van der Waals surface area (Å²) in [4.78, 5) is 14.7. The molecule has 0 radical (unpaired) electrons. The number of carbonyl (C=O) groups excluding carboxylic acids is 1. The quantitative estimate of drug-likeness (QED) is 0.751.